The average molecular weight is 181 g/mol. The van der Waals surface area contributed by atoms with Crippen LogP contribution < -0.4 is 0 Å². The molecule has 1 aliphatic carbocycles. The summed E-state index contributed by atoms with van der Waals surface area (Å²) in [7, 11) is 0. The Morgan fingerprint density at radius 3 is 3.08 bits per heavy atom. The van der Waals surface area contributed by atoms with E-state index in [2.05, 4.69) is 19.1 Å². The molecule has 0 saturated carbocycles. The maximum Gasteiger partial charge on any atom is 0.0408 e. The molecule has 1 atom stereocenters. The Morgan fingerprint density at radius 1 is 1.42 bits per heavy atom. The molecule has 0 unspecified atom stereocenters. The number of halogens is 1. The van der Waals surface area contributed by atoms with Gasteiger partial charge in [0.05, 0.1) is 0 Å². The van der Waals surface area contributed by atoms with Gasteiger partial charge in [-0.25, -0.2) is 0 Å². The van der Waals surface area contributed by atoms with Gasteiger partial charge in [0.15, 0.2) is 0 Å². The average Bonchev–Trinajstić information content (AvgIpc) is 2.04. The summed E-state index contributed by atoms with van der Waals surface area (Å²) < 4.78 is 0. The highest BCUT2D eigenvalue weighted by Gasteiger charge is 2.15. The third-order valence-corrected chi connectivity index (χ3v) is 2.95. The Hall–Kier alpha value is -0.490. The van der Waals surface area contributed by atoms with E-state index in [1.165, 1.54) is 30.4 Å². The van der Waals surface area contributed by atoms with Crippen molar-refractivity contribution in [3.63, 3.8) is 0 Å². The van der Waals surface area contributed by atoms with E-state index in [-0.39, 0.29) is 0 Å². The van der Waals surface area contributed by atoms with Crippen molar-refractivity contribution in [2.24, 2.45) is 0 Å². The van der Waals surface area contributed by atoms with Crippen LogP contribution in [0.25, 0.3) is 0 Å². The first kappa shape index (κ1) is 8.12. The Balaban J connectivity index is 2.46. The van der Waals surface area contributed by atoms with Crippen molar-refractivity contribution in [1.82, 2.24) is 0 Å². The predicted molar refractivity (Wildman–Crippen MR) is 52.8 cm³/mol. The molecule has 0 heterocycles. The molecule has 0 fully saturated rings. The first-order valence-corrected chi connectivity index (χ1v) is 4.93. The van der Waals surface area contributed by atoms with Gasteiger partial charge < -0.3 is 0 Å². The van der Waals surface area contributed by atoms with Crippen LogP contribution in [0.4, 0.5) is 0 Å². The van der Waals surface area contributed by atoms with E-state index in [0.29, 0.717) is 0 Å². The zero-order valence-electron chi connectivity index (χ0n) is 7.31. The predicted octanol–water partition coefficient (Wildman–Crippen LogP) is 3.78. The number of rotatable bonds is 0. The third-order valence-electron chi connectivity index (χ3n) is 2.72. The highest BCUT2D eigenvalue weighted by Crippen LogP contribution is 2.32. The van der Waals surface area contributed by atoms with E-state index in [1.54, 1.807) is 0 Å². The zero-order chi connectivity index (χ0) is 8.55. The second-order valence-corrected chi connectivity index (χ2v) is 4.07. The van der Waals surface area contributed by atoms with Gasteiger partial charge in [0.2, 0.25) is 0 Å². The zero-order valence-corrected chi connectivity index (χ0v) is 8.06. The highest BCUT2D eigenvalue weighted by atomic mass is 35.5. The van der Waals surface area contributed by atoms with Gasteiger partial charge in [0.25, 0.3) is 0 Å². The minimum absolute atomic E-state index is 0.728. The monoisotopic (exact) mass is 180 g/mol. The molecule has 12 heavy (non-hydrogen) atoms. The second-order valence-electron chi connectivity index (χ2n) is 3.64. The van der Waals surface area contributed by atoms with Crippen molar-refractivity contribution in [1.29, 1.82) is 0 Å². The SMILES string of the molecule is C[C@H]1CCCc2cc(Cl)ccc21. The Bertz CT molecular complexity index is 291. The molecule has 0 aliphatic heterocycles. The van der Waals surface area contributed by atoms with Gasteiger partial charge in [-0.05, 0) is 48.4 Å². The Kier molecular flexibility index (Phi) is 2.10. The fourth-order valence-electron chi connectivity index (χ4n) is 2.03. The summed E-state index contributed by atoms with van der Waals surface area (Å²) in [5, 5.41) is 0.878. The first-order valence-electron chi connectivity index (χ1n) is 4.55. The van der Waals surface area contributed by atoms with Crippen LogP contribution in [-0.2, 0) is 6.42 Å². The van der Waals surface area contributed by atoms with Crippen molar-refractivity contribution in [2.45, 2.75) is 32.1 Å². The van der Waals surface area contributed by atoms with E-state index in [0.717, 1.165) is 10.9 Å². The molecule has 1 aromatic rings. The van der Waals surface area contributed by atoms with Crippen molar-refractivity contribution >= 4 is 11.6 Å². The molecule has 1 heteroatoms. The number of aryl methyl sites for hydroxylation is 1. The maximum absolute atomic E-state index is 5.92. The van der Waals surface area contributed by atoms with E-state index < -0.39 is 0 Å². The standard InChI is InChI=1S/C11H13Cl/c1-8-3-2-4-9-7-10(12)5-6-11(8)9/h5-8H,2-4H2,1H3/t8-/m0/s1. The van der Waals surface area contributed by atoms with Gasteiger partial charge in [0, 0.05) is 5.02 Å². The molecule has 0 spiro atoms. The van der Waals surface area contributed by atoms with E-state index in [4.69, 9.17) is 11.6 Å². The first-order chi connectivity index (χ1) is 5.77. The van der Waals surface area contributed by atoms with Gasteiger partial charge in [0.1, 0.15) is 0 Å². The van der Waals surface area contributed by atoms with Gasteiger partial charge in [-0.15, -0.1) is 0 Å². The van der Waals surface area contributed by atoms with E-state index >= 15 is 0 Å². The number of hydrogen-bond donors (Lipinski definition) is 0. The molecule has 0 amide bonds. The molecular formula is C11H13Cl. The molecule has 2 rings (SSSR count). The number of fused-ring (bicyclic) bond motifs is 1. The fraction of sp³-hybridized carbons (Fsp3) is 0.455. The summed E-state index contributed by atoms with van der Waals surface area (Å²) >= 11 is 5.92. The smallest absolute Gasteiger partial charge is 0.0408 e. The Labute approximate surface area is 78.6 Å². The van der Waals surface area contributed by atoms with Crippen LogP contribution in [0.3, 0.4) is 0 Å². The minimum Gasteiger partial charge on any atom is -0.0843 e. The number of benzene rings is 1. The molecule has 0 saturated heterocycles. The number of hydrogen-bond acceptors (Lipinski definition) is 0. The highest BCUT2D eigenvalue weighted by molar-refractivity contribution is 6.30. The normalized spacial score (nSPS) is 22.0. The van der Waals surface area contributed by atoms with Crippen LogP contribution >= 0.6 is 11.6 Å². The maximum atomic E-state index is 5.92. The van der Waals surface area contributed by atoms with Gasteiger partial charge >= 0.3 is 0 Å². The molecule has 0 bridgehead atoms. The quantitative estimate of drug-likeness (QED) is 0.570. The topological polar surface area (TPSA) is 0 Å². The summed E-state index contributed by atoms with van der Waals surface area (Å²) in [5.74, 6) is 0.728. The molecule has 0 aromatic heterocycles. The summed E-state index contributed by atoms with van der Waals surface area (Å²) in [6.07, 6.45) is 3.85. The lowest BCUT2D eigenvalue weighted by molar-refractivity contribution is 0.590. The Morgan fingerprint density at radius 2 is 2.25 bits per heavy atom. The van der Waals surface area contributed by atoms with Crippen molar-refractivity contribution in [3.8, 4) is 0 Å². The molecule has 0 nitrogen and oxygen atoms in total. The van der Waals surface area contributed by atoms with Crippen LogP contribution in [0.2, 0.25) is 5.02 Å². The van der Waals surface area contributed by atoms with Crippen molar-refractivity contribution < 1.29 is 0 Å². The lowest BCUT2D eigenvalue weighted by atomic mass is 9.84. The molecule has 0 radical (unpaired) electrons. The summed E-state index contributed by atoms with van der Waals surface area (Å²) in [6, 6.07) is 6.30. The third kappa shape index (κ3) is 1.36. The van der Waals surface area contributed by atoms with Crippen LogP contribution in [0.1, 0.15) is 36.8 Å². The van der Waals surface area contributed by atoms with E-state index in [9.17, 15) is 0 Å². The largest absolute Gasteiger partial charge is 0.0843 e. The van der Waals surface area contributed by atoms with E-state index in [1.807, 2.05) is 6.07 Å². The molecular weight excluding hydrogens is 168 g/mol. The van der Waals surface area contributed by atoms with Gasteiger partial charge in [-0.3, -0.25) is 0 Å². The lowest BCUT2D eigenvalue weighted by Crippen LogP contribution is -2.06. The van der Waals surface area contributed by atoms with Crippen LogP contribution in [0.15, 0.2) is 18.2 Å². The summed E-state index contributed by atoms with van der Waals surface area (Å²) in [5.41, 5.74) is 2.96. The minimum atomic E-state index is 0.728. The lowest BCUT2D eigenvalue weighted by Gasteiger charge is -2.22. The molecule has 64 valence electrons. The van der Waals surface area contributed by atoms with Crippen LogP contribution in [0.5, 0.6) is 0 Å². The molecule has 1 aromatic carbocycles. The van der Waals surface area contributed by atoms with Crippen molar-refractivity contribution in [3.05, 3.63) is 34.3 Å². The fourth-order valence-corrected chi connectivity index (χ4v) is 2.22. The van der Waals surface area contributed by atoms with Crippen LogP contribution in [-0.4, -0.2) is 0 Å². The summed E-state index contributed by atoms with van der Waals surface area (Å²) in [6.45, 7) is 2.30. The van der Waals surface area contributed by atoms with Crippen LogP contribution in [0, 0.1) is 0 Å². The second kappa shape index (κ2) is 3.10. The summed E-state index contributed by atoms with van der Waals surface area (Å²) in [4.78, 5) is 0. The van der Waals surface area contributed by atoms with Crippen molar-refractivity contribution in [2.75, 3.05) is 0 Å². The molecule has 0 N–H and O–H groups in total. The van der Waals surface area contributed by atoms with Gasteiger partial charge in [-0.2, -0.15) is 0 Å². The van der Waals surface area contributed by atoms with Gasteiger partial charge in [-0.1, -0.05) is 24.6 Å². The molecule has 1 aliphatic rings.